The first-order valence-corrected chi connectivity index (χ1v) is 8.29. The Morgan fingerprint density at radius 2 is 1.91 bits per heavy atom. The highest BCUT2D eigenvalue weighted by atomic mass is 79.9. The molecule has 1 N–H and O–H groups in total. The number of nitrogens with zero attached hydrogens (tertiary/aromatic N) is 2. The van der Waals surface area contributed by atoms with Crippen LogP contribution in [0.4, 0.5) is 10.6 Å². The van der Waals surface area contributed by atoms with Crippen molar-refractivity contribution in [1.29, 1.82) is 0 Å². The molecule has 22 heavy (non-hydrogen) atoms. The minimum atomic E-state index is -0.545. The van der Waals surface area contributed by atoms with Gasteiger partial charge in [0.15, 0.2) is 5.82 Å². The van der Waals surface area contributed by atoms with Crippen LogP contribution in [0.1, 0.15) is 26.3 Å². The number of anilines is 1. The molecule has 1 aromatic carbocycles. The topological polar surface area (TPSA) is 56.1 Å². The summed E-state index contributed by atoms with van der Waals surface area (Å²) in [7, 11) is 0. The Bertz CT molecular complexity index is 660. The van der Waals surface area contributed by atoms with E-state index in [0.29, 0.717) is 16.8 Å². The summed E-state index contributed by atoms with van der Waals surface area (Å²) in [6.45, 7) is 6.05. The third kappa shape index (κ3) is 5.14. The molecule has 0 saturated heterocycles. The molecule has 0 saturated carbocycles. The summed E-state index contributed by atoms with van der Waals surface area (Å²) in [4.78, 5) is 11.8. The number of hydrogen-bond acceptors (Lipinski definition) is 3. The first kappa shape index (κ1) is 17.0. The smallest absolute Gasteiger partial charge is 0.413 e. The van der Waals surface area contributed by atoms with Crippen molar-refractivity contribution in [2.45, 2.75) is 32.9 Å². The number of benzene rings is 1. The molecule has 118 valence electrons. The SMILES string of the molecule is CC(C)(C)OC(=O)Nc1nn(Cc2ccc(Br)cc2)cc1Br. The highest BCUT2D eigenvalue weighted by molar-refractivity contribution is 9.10. The molecule has 0 spiro atoms. The Morgan fingerprint density at radius 3 is 2.50 bits per heavy atom. The lowest BCUT2D eigenvalue weighted by atomic mass is 10.2. The highest BCUT2D eigenvalue weighted by Crippen LogP contribution is 2.22. The predicted molar refractivity (Wildman–Crippen MR) is 93.0 cm³/mol. The Hall–Kier alpha value is -1.34. The molecule has 0 aliphatic heterocycles. The van der Waals surface area contributed by atoms with Gasteiger partial charge in [0, 0.05) is 10.7 Å². The van der Waals surface area contributed by atoms with Crippen LogP contribution in [0.5, 0.6) is 0 Å². The van der Waals surface area contributed by atoms with E-state index in [9.17, 15) is 4.79 Å². The van der Waals surface area contributed by atoms with Crippen LogP contribution in [0, 0.1) is 0 Å². The molecule has 1 heterocycles. The average Bonchev–Trinajstić information content (AvgIpc) is 2.70. The van der Waals surface area contributed by atoms with Crippen LogP contribution >= 0.6 is 31.9 Å². The lowest BCUT2D eigenvalue weighted by molar-refractivity contribution is 0.0635. The first-order valence-electron chi connectivity index (χ1n) is 6.70. The lowest BCUT2D eigenvalue weighted by Crippen LogP contribution is -2.27. The van der Waals surface area contributed by atoms with E-state index < -0.39 is 11.7 Å². The van der Waals surface area contributed by atoms with Crippen molar-refractivity contribution in [2.75, 3.05) is 5.32 Å². The van der Waals surface area contributed by atoms with E-state index in [-0.39, 0.29) is 0 Å². The van der Waals surface area contributed by atoms with Gasteiger partial charge in [0.2, 0.25) is 0 Å². The first-order chi connectivity index (χ1) is 10.2. The summed E-state index contributed by atoms with van der Waals surface area (Å²) in [6, 6.07) is 7.99. The second-order valence-corrected chi connectivity index (χ2v) is 7.55. The van der Waals surface area contributed by atoms with Gasteiger partial charge in [-0.1, -0.05) is 28.1 Å². The molecule has 0 aliphatic carbocycles. The molecule has 2 aromatic rings. The molecule has 0 bridgehead atoms. The van der Waals surface area contributed by atoms with Gasteiger partial charge in [-0.25, -0.2) is 4.79 Å². The fourth-order valence-corrected chi connectivity index (χ4v) is 2.42. The zero-order valence-electron chi connectivity index (χ0n) is 12.6. The normalized spacial score (nSPS) is 11.3. The van der Waals surface area contributed by atoms with E-state index in [2.05, 4.69) is 42.3 Å². The van der Waals surface area contributed by atoms with Crippen LogP contribution in [-0.4, -0.2) is 21.5 Å². The molecule has 7 heteroatoms. The molecule has 0 aliphatic rings. The highest BCUT2D eigenvalue weighted by Gasteiger charge is 2.18. The molecular weight excluding hydrogens is 414 g/mol. The Kier molecular flexibility index (Phi) is 5.28. The predicted octanol–water partition coefficient (Wildman–Crippen LogP) is 4.80. The summed E-state index contributed by atoms with van der Waals surface area (Å²) in [5.41, 5.74) is 0.568. The van der Waals surface area contributed by atoms with Gasteiger partial charge >= 0.3 is 6.09 Å². The average molecular weight is 431 g/mol. The zero-order chi connectivity index (χ0) is 16.3. The van der Waals surface area contributed by atoms with E-state index in [0.717, 1.165) is 10.0 Å². The zero-order valence-corrected chi connectivity index (χ0v) is 15.7. The van der Waals surface area contributed by atoms with E-state index in [1.807, 2.05) is 51.2 Å². The Morgan fingerprint density at radius 1 is 1.27 bits per heavy atom. The number of hydrogen-bond donors (Lipinski definition) is 1. The number of ether oxygens (including phenoxy) is 1. The summed E-state index contributed by atoms with van der Waals surface area (Å²) in [5.74, 6) is 0.436. The standard InChI is InChI=1S/C15H17Br2N3O2/c1-15(2,3)22-14(21)18-13-12(17)9-20(19-13)8-10-4-6-11(16)7-5-10/h4-7,9H,8H2,1-3H3,(H,18,19,21). The van der Waals surface area contributed by atoms with Crippen molar-refractivity contribution in [3.05, 3.63) is 45.0 Å². The van der Waals surface area contributed by atoms with Crippen molar-refractivity contribution in [2.24, 2.45) is 0 Å². The number of rotatable bonds is 3. The Balaban J connectivity index is 2.05. The molecule has 5 nitrogen and oxygen atoms in total. The number of nitrogens with one attached hydrogen (secondary N) is 1. The Labute approximate surface area is 146 Å². The van der Waals surface area contributed by atoms with Crippen LogP contribution in [-0.2, 0) is 11.3 Å². The quantitative estimate of drug-likeness (QED) is 0.760. The largest absolute Gasteiger partial charge is 0.444 e. The van der Waals surface area contributed by atoms with Crippen molar-refractivity contribution in [3.8, 4) is 0 Å². The van der Waals surface area contributed by atoms with Crippen LogP contribution in [0.2, 0.25) is 0 Å². The van der Waals surface area contributed by atoms with Crippen LogP contribution in [0.15, 0.2) is 39.4 Å². The van der Waals surface area contributed by atoms with Gasteiger partial charge < -0.3 is 4.74 Å². The molecule has 0 unspecified atom stereocenters. The van der Waals surface area contributed by atoms with Gasteiger partial charge in [-0.05, 0) is 54.4 Å². The molecule has 0 fully saturated rings. The molecule has 2 rings (SSSR count). The minimum absolute atomic E-state index is 0.436. The number of halogens is 2. The van der Waals surface area contributed by atoms with Gasteiger partial charge in [0.25, 0.3) is 0 Å². The number of carbonyl (C=O) groups excluding carboxylic acids is 1. The van der Waals surface area contributed by atoms with Crippen LogP contribution in [0.25, 0.3) is 0 Å². The van der Waals surface area contributed by atoms with Crippen LogP contribution in [0.3, 0.4) is 0 Å². The fourth-order valence-electron chi connectivity index (χ4n) is 1.74. The van der Waals surface area contributed by atoms with Gasteiger partial charge in [0.1, 0.15) is 5.60 Å². The van der Waals surface area contributed by atoms with E-state index in [1.54, 1.807) is 4.68 Å². The fraction of sp³-hybridized carbons (Fsp3) is 0.333. The summed E-state index contributed by atoms with van der Waals surface area (Å²) >= 11 is 6.80. The van der Waals surface area contributed by atoms with Crippen molar-refractivity contribution < 1.29 is 9.53 Å². The van der Waals surface area contributed by atoms with Gasteiger partial charge in [-0.15, -0.1) is 0 Å². The maximum absolute atomic E-state index is 11.8. The monoisotopic (exact) mass is 429 g/mol. The van der Waals surface area contributed by atoms with Gasteiger partial charge in [-0.3, -0.25) is 10.00 Å². The van der Waals surface area contributed by atoms with E-state index in [4.69, 9.17) is 4.74 Å². The van der Waals surface area contributed by atoms with Crippen molar-refractivity contribution >= 4 is 43.8 Å². The molecule has 1 amide bonds. The molecule has 0 atom stereocenters. The summed E-state index contributed by atoms with van der Waals surface area (Å²) in [5, 5.41) is 6.98. The summed E-state index contributed by atoms with van der Waals surface area (Å²) < 4.78 is 8.70. The molecule has 1 aromatic heterocycles. The maximum atomic E-state index is 11.8. The van der Waals surface area contributed by atoms with Gasteiger partial charge in [0.05, 0.1) is 11.0 Å². The van der Waals surface area contributed by atoms with E-state index in [1.165, 1.54) is 0 Å². The minimum Gasteiger partial charge on any atom is -0.444 e. The molecule has 0 radical (unpaired) electrons. The number of aromatic nitrogens is 2. The van der Waals surface area contributed by atoms with E-state index >= 15 is 0 Å². The third-order valence-corrected chi connectivity index (χ3v) is 3.70. The third-order valence-electron chi connectivity index (χ3n) is 2.59. The second-order valence-electron chi connectivity index (χ2n) is 5.78. The second kappa shape index (κ2) is 6.83. The molecular formula is C15H17Br2N3O2. The summed E-state index contributed by atoms with van der Waals surface area (Å²) in [6.07, 6.45) is 1.29. The van der Waals surface area contributed by atoms with Crippen LogP contribution < -0.4 is 5.32 Å². The number of amides is 1. The van der Waals surface area contributed by atoms with Crippen molar-refractivity contribution in [3.63, 3.8) is 0 Å². The van der Waals surface area contributed by atoms with Crippen molar-refractivity contribution in [1.82, 2.24) is 9.78 Å². The van der Waals surface area contributed by atoms with Gasteiger partial charge in [-0.2, -0.15) is 5.10 Å². The maximum Gasteiger partial charge on any atom is 0.413 e. The number of carbonyl (C=O) groups is 1. The lowest BCUT2D eigenvalue weighted by Gasteiger charge is -2.19.